The summed E-state index contributed by atoms with van der Waals surface area (Å²) in [6, 6.07) is 0. The summed E-state index contributed by atoms with van der Waals surface area (Å²) in [5.74, 6) is 0. The van der Waals surface area contributed by atoms with Crippen LogP contribution in [0.1, 0.15) is 83.5 Å². The summed E-state index contributed by atoms with van der Waals surface area (Å²) in [6.45, 7) is 0.603. The van der Waals surface area contributed by atoms with Gasteiger partial charge in [-0.1, -0.05) is 57.8 Å². The molecule has 1 spiro atoms. The van der Waals surface area contributed by atoms with E-state index in [0.717, 1.165) is 64.2 Å². The van der Waals surface area contributed by atoms with Gasteiger partial charge in [0.2, 0.25) is 0 Å². The number of rotatable bonds is 1. The van der Waals surface area contributed by atoms with Gasteiger partial charge in [-0.15, -0.1) is 0 Å². The second-order valence-corrected chi connectivity index (χ2v) is 8.27. The summed E-state index contributed by atoms with van der Waals surface area (Å²) in [6.07, 6.45) is 12.6. The van der Waals surface area contributed by atoms with Gasteiger partial charge in [-0.2, -0.15) is 0 Å². The Bertz CT molecular complexity index is 399. The van der Waals surface area contributed by atoms with E-state index in [1.165, 1.54) is 12.8 Å². The van der Waals surface area contributed by atoms with Crippen molar-refractivity contribution in [2.45, 2.75) is 94.3 Å². The maximum Gasteiger partial charge on any atom is 0.100 e. The quantitative estimate of drug-likeness (QED) is 0.691. The fourth-order valence-corrected chi connectivity index (χ4v) is 5.26. The minimum atomic E-state index is -4.30. The predicted octanol–water partition coefficient (Wildman–Crippen LogP) is 3.75. The zero-order chi connectivity index (χ0) is 15.2. The van der Waals surface area contributed by atoms with Gasteiger partial charge >= 0.3 is 0 Å². The molecule has 0 radical (unpaired) electrons. The molecule has 2 fully saturated rings. The SMILES string of the molecule is O=S(=O)([O-])C1CCCCCCCCCOC12CCCCC2. The highest BCUT2D eigenvalue weighted by Crippen LogP contribution is 2.39. The van der Waals surface area contributed by atoms with Crippen molar-refractivity contribution in [2.75, 3.05) is 6.61 Å². The molecular formula is C16H29O4S-. The molecule has 0 aromatic carbocycles. The minimum absolute atomic E-state index is 0.478. The van der Waals surface area contributed by atoms with Crippen molar-refractivity contribution in [3.63, 3.8) is 0 Å². The van der Waals surface area contributed by atoms with Crippen molar-refractivity contribution in [3.8, 4) is 0 Å². The fourth-order valence-electron chi connectivity index (χ4n) is 3.97. The van der Waals surface area contributed by atoms with Crippen LogP contribution < -0.4 is 0 Å². The normalized spacial score (nSPS) is 29.5. The van der Waals surface area contributed by atoms with Gasteiger partial charge in [0.05, 0.1) is 10.9 Å². The molecule has 1 aliphatic carbocycles. The average molecular weight is 317 g/mol. The summed E-state index contributed by atoms with van der Waals surface area (Å²) >= 11 is 0. The number of hydrogen-bond acceptors (Lipinski definition) is 4. The van der Waals surface area contributed by atoms with E-state index in [9.17, 15) is 13.0 Å². The first kappa shape index (κ1) is 17.2. The van der Waals surface area contributed by atoms with E-state index in [0.29, 0.717) is 13.0 Å². The zero-order valence-corrected chi connectivity index (χ0v) is 13.8. The highest BCUT2D eigenvalue weighted by atomic mass is 32.2. The van der Waals surface area contributed by atoms with Crippen LogP contribution in [0.2, 0.25) is 0 Å². The summed E-state index contributed by atoms with van der Waals surface area (Å²) in [5, 5.41) is -0.843. The van der Waals surface area contributed by atoms with E-state index >= 15 is 0 Å². The lowest BCUT2D eigenvalue weighted by atomic mass is 9.80. The molecule has 1 atom stereocenters. The lowest BCUT2D eigenvalue weighted by molar-refractivity contribution is -0.0767. The van der Waals surface area contributed by atoms with Gasteiger partial charge < -0.3 is 9.29 Å². The molecule has 1 heterocycles. The molecule has 0 bridgehead atoms. The third-order valence-corrected chi connectivity index (χ3v) is 6.50. The van der Waals surface area contributed by atoms with Crippen molar-refractivity contribution < 1.29 is 17.7 Å². The zero-order valence-electron chi connectivity index (χ0n) is 13.0. The lowest BCUT2D eigenvalue weighted by Crippen LogP contribution is -2.50. The van der Waals surface area contributed by atoms with Gasteiger partial charge in [0.25, 0.3) is 0 Å². The highest BCUT2D eigenvalue weighted by Gasteiger charge is 2.43. The van der Waals surface area contributed by atoms with Crippen LogP contribution in [0.25, 0.3) is 0 Å². The second-order valence-electron chi connectivity index (χ2n) is 6.72. The summed E-state index contributed by atoms with van der Waals surface area (Å²) in [7, 11) is -4.30. The Kier molecular flexibility index (Phi) is 6.51. The Labute approximate surface area is 129 Å². The van der Waals surface area contributed by atoms with Crippen LogP contribution in [-0.4, -0.2) is 30.4 Å². The van der Waals surface area contributed by atoms with Crippen LogP contribution >= 0.6 is 0 Å². The van der Waals surface area contributed by atoms with E-state index < -0.39 is 21.0 Å². The molecule has 2 rings (SSSR count). The van der Waals surface area contributed by atoms with E-state index in [1.54, 1.807) is 0 Å². The maximum atomic E-state index is 11.8. The van der Waals surface area contributed by atoms with Crippen molar-refractivity contribution in [3.05, 3.63) is 0 Å². The first-order valence-corrected chi connectivity index (χ1v) is 10.1. The van der Waals surface area contributed by atoms with E-state index in [-0.39, 0.29) is 0 Å². The Hall–Kier alpha value is -0.130. The van der Waals surface area contributed by atoms with Crippen LogP contribution in [-0.2, 0) is 14.9 Å². The third-order valence-electron chi connectivity index (χ3n) is 5.14. The van der Waals surface area contributed by atoms with Gasteiger partial charge in [-0.05, 0) is 25.7 Å². The molecule has 1 saturated heterocycles. The van der Waals surface area contributed by atoms with Crippen LogP contribution in [0.3, 0.4) is 0 Å². The van der Waals surface area contributed by atoms with Crippen LogP contribution in [0.4, 0.5) is 0 Å². The standard InChI is InChI=1S/C16H30O4S/c17-21(18,19)15-11-7-4-2-1-3-5-10-14-20-16(15)12-8-6-9-13-16/h15H,1-14H2,(H,17,18,19)/p-1. The first-order chi connectivity index (χ1) is 10.0. The van der Waals surface area contributed by atoms with Gasteiger partial charge in [-0.25, -0.2) is 8.42 Å². The molecule has 0 amide bonds. The van der Waals surface area contributed by atoms with Crippen LogP contribution in [0, 0.1) is 0 Å². The topological polar surface area (TPSA) is 66.4 Å². The monoisotopic (exact) mass is 317 g/mol. The lowest BCUT2D eigenvalue weighted by Gasteiger charge is -2.44. The summed E-state index contributed by atoms with van der Waals surface area (Å²) in [5.41, 5.74) is -0.696. The Morgan fingerprint density at radius 2 is 1.33 bits per heavy atom. The van der Waals surface area contributed by atoms with Gasteiger partial charge in [0.1, 0.15) is 10.1 Å². The summed E-state index contributed by atoms with van der Waals surface area (Å²) in [4.78, 5) is 0. The molecule has 1 saturated carbocycles. The Balaban J connectivity index is 2.17. The van der Waals surface area contributed by atoms with Gasteiger partial charge in [0, 0.05) is 6.61 Å². The van der Waals surface area contributed by atoms with Crippen molar-refractivity contribution in [2.24, 2.45) is 0 Å². The van der Waals surface area contributed by atoms with Crippen LogP contribution in [0.5, 0.6) is 0 Å². The molecule has 2 aliphatic rings. The van der Waals surface area contributed by atoms with Gasteiger partial charge in [0.15, 0.2) is 0 Å². The molecule has 0 aromatic heterocycles. The molecule has 0 N–H and O–H groups in total. The largest absolute Gasteiger partial charge is 0.748 e. The molecule has 0 aromatic rings. The predicted molar refractivity (Wildman–Crippen MR) is 82.2 cm³/mol. The first-order valence-electron chi connectivity index (χ1n) is 8.63. The molecule has 1 aliphatic heterocycles. The van der Waals surface area contributed by atoms with E-state index in [1.807, 2.05) is 0 Å². The maximum absolute atomic E-state index is 11.8. The molecule has 124 valence electrons. The molecule has 1 unspecified atom stereocenters. The fraction of sp³-hybridized carbons (Fsp3) is 1.00. The van der Waals surface area contributed by atoms with Crippen LogP contribution in [0.15, 0.2) is 0 Å². The molecular weight excluding hydrogens is 288 g/mol. The van der Waals surface area contributed by atoms with E-state index in [2.05, 4.69) is 0 Å². The highest BCUT2D eigenvalue weighted by molar-refractivity contribution is 7.86. The molecule has 21 heavy (non-hydrogen) atoms. The van der Waals surface area contributed by atoms with E-state index in [4.69, 9.17) is 4.74 Å². The number of hydrogen-bond donors (Lipinski definition) is 0. The van der Waals surface area contributed by atoms with Crippen molar-refractivity contribution in [1.82, 2.24) is 0 Å². The Morgan fingerprint density at radius 3 is 1.95 bits per heavy atom. The molecule has 5 heteroatoms. The number of ether oxygens (including phenoxy) is 1. The summed E-state index contributed by atoms with van der Waals surface area (Å²) < 4.78 is 41.6. The Morgan fingerprint density at radius 1 is 0.810 bits per heavy atom. The minimum Gasteiger partial charge on any atom is -0.748 e. The van der Waals surface area contributed by atoms with Crippen molar-refractivity contribution in [1.29, 1.82) is 0 Å². The van der Waals surface area contributed by atoms with Crippen molar-refractivity contribution >= 4 is 10.1 Å². The average Bonchev–Trinajstić information content (AvgIpc) is 2.42. The second kappa shape index (κ2) is 7.93. The van der Waals surface area contributed by atoms with Gasteiger partial charge in [-0.3, -0.25) is 0 Å². The third kappa shape index (κ3) is 4.93. The smallest absolute Gasteiger partial charge is 0.100 e. The molecule has 4 nitrogen and oxygen atoms in total.